The summed E-state index contributed by atoms with van der Waals surface area (Å²) in [4.78, 5) is 25.1. The van der Waals surface area contributed by atoms with E-state index < -0.39 is 38.2 Å². The van der Waals surface area contributed by atoms with Crippen LogP contribution in [0.25, 0.3) is 5.52 Å². The number of alkyl halides is 4. The van der Waals surface area contributed by atoms with Crippen LogP contribution in [-0.2, 0) is 30.4 Å². The molecule has 2 heterocycles. The number of aryl methyl sites for hydroxylation is 2. The van der Waals surface area contributed by atoms with Crippen LogP contribution in [0.2, 0.25) is 0 Å². The van der Waals surface area contributed by atoms with Gasteiger partial charge in [0.2, 0.25) is 0 Å². The van der Waals surface area contributed by atoms with E-state index >= 15 is 0 Å². The Hall–Kier alpha value is -2.38. The molecule has 0 N–H and O–H groups in total. The van der Waals surface area contributed by atoms with Crippen LogP contribution in [0.4, 0.5) is 17.6 Å². The topological polar surface area (TPSA) is 47.8 Å². The summed E-state index contributed by atoms with van der Waals surface area (Å²) >= 11 is 0. The van der Waals surface area contributed by atoms with E-state index in [9.17, 15) is 27.2 Å². The quantitative estimate of drug-likeness (QED) is 0.452. The first-order valence-corrected chi connectivity index (χ1v) is 9.17. The van der Waals surface area contributed by atoms with Crippen molar-refractivity contribution in [3.8, 4) is 0 Å². The summed E-state index contributed by atoms with van der Waals surface area (Å²) in [5, 5.41) is 0. The Morgan fingerprint density at radius 3 is 2.04 bits per heavy atom. The molecule has 0 unspecified atom stereocenters. The SMILES string of the molecule is CCOC(=O)c1ccc2c(CCF)c(CCF)c(CCF)c(CCF)n2c1=O. The minimum Gasteiger partial charge on any atom is -0.462 e. The molecular weight excluding hydrogens is 378 g/mol. The summed E-state index contributed by atoms with van der Waals surface area (Å²) in [6.07, 6.45) is -0.566. The molecule has 2 aromatic heterocycles. The Bertz CT molecular complexity index is 895. The van der Waals surface area contributed by atoms with Crippen molar-refractivity contribution in [3.05, 3.63) is 50.4 Å². The van der Waals surface area contributed by atoms with Gasteiger partial charge in [0.05, 0.1) is 38.8 Å². The fraction of sp³-hybridized carbons (Fsp3) is 0.500. The number of carbonyl (C=O) groups is 1. The van der Waals surface area contributed by atoms with Gasteiger partial charge in [0.25, 0.3) is 5.56 Å². The highest BCUT2D eigenvalue weighted by Gasteiger charge is 2.23. The number of pyridine rings is 2. The number of halogens is 4. The van der Waals surface area contributed by atoms with Gasteiger partial charge in [0.1, 0.15) is 5.56 Å². The summed E-state index contributed by atoms with van der Waals surface area (Å²) in [6, 6.07) is 2.71. The van der Waals surface area contributed by atoms with Crippen LogP contribution in [0.1, 0.15) is 39.7 Å². The highest BCUT2D eigenvalue weighted by atomic mass is 19.1. The average molecular weight is 401 g/mol. The maximum atomic E-state index is 13.3. The van der Waals surface area contributed by atoms with Gasteiger partial charge in [-0.15, -0.1) is 0 Å². The van der Waals surface area contributed by atoms with E-state index in [1.54, 1.807) is 6.92 Å². The van der Waals surface area contributed by atoms with Crippen molar-refractivity contribution in [1.82, 2.24) is 4.40 Å². The maximum absolute atomic E-state index is 13.3. The van der Waals surface area contributed by atoms with Crippen LogP contribution in [0, 0.1) is 0 Å². The third-order valence-electron chi connectivity index (χ3n) is 4.60. The Labute approximate surface area is 160 Å². The third-order valence-corrected chi connectivity index (χ3v) is 4.60. The van der Waals surface area contributed by atoms with Gasteiger partial charge < -0.3 is 4.74 Å². The van der Waals surface area contributed by atoms with Gasteiger partial charge in [-0.25, -0.2) is 4.79 Å². The number of ether oxygens (including phenoxy) is 1. The molecule has 0 aliphatic rings. The number of esters is 1. The first-order chi connectivity index (χ1) is 13.5. The van der Waals surface area contributed by atoms with Crippen LogP contribution in [0.3, 0.4) is 0 Å². The molecule has 0 atom stereocenters. The van der Waals surface area contributed by atoms with Crippen molar-refractivity contribution in [1.29, 1.82) is 0 Å². The molecular formula is C20H23F4NO3. The minimum absolute atomic E-state index is 0.0634. The summed E-state index contributed by atoms with van der Waals surface area (Å²) in [6.45, 7) is -1.50. The van der Waals surface area contributed by atoms with E-state index in [1.807, 2.05) is 0 Å². The third kappa shape index (κ3) is 4.20. The summed E-state index contributed by atoms with van der Waals surface area (Å²) in [7, 11) is 0. The van der Waals surface area contributed by atoms with Gasteiger partial charge >= 0.3 is 5.97 Å². The number of rotatable bonds is 10. The summed E-state index contributed by atoms with van der Waals surface area (Å²) < 4.78 is 58.9. The molecule has 0 aliphatic heterocycles. The van der Waals surface area contributed by atoms with Crippen molar-refractivity contribution >= 4 is 11.5 Å². The monoisotopic (exact) mass is 401 g/mol. The van der Waals surface area contributed by atoms with Crippen LogP contribution in [0.5, 0.6) is 0 Å². The molecule has 0 aliphatic carbocycles. The first kappa shape index (κ1) is 21.9. The van der Waals surface area contributed by atoms with Gasteiger partial charge in [-0.2, -0.15) is 0 Å². The largest absolute Gasteiger partial charge is 0.462 e. The van der Waals surface area contributed by atoms with Gasteiger partial charge in [0, 0.05) is 31.4 Å². The van der Waals surface area contributed by atoms with Crippen molar-refractivity contribution in [2.24, 2.45) is 0 Å². The highest BCUT2D eigenvalue weighted by molar-refractivity contribution is 5.89. The van der Waals surface area contributed by atoms with E-state index in [0.717, 1.165) is 4.40 Å². The van der Waals surface area contributed by atoms with E-state index in [4.69, 9.17) is 4.74 Å². The molecule has 0 spiro atoms. The summed E-state index contributed by atoms with van der Waals surface area (Å²) in [5.41, 5.74) is 0.532. The number of carbonyl (C=O) groups excluding carboxylic acids is 1. The molecule has 8 heteroatoms. The highest BCUT2D eigenvalue weighted by Crippen LogP contribution is 2.27. The maximum Gasteiger partial charge on any atom is 0.343 e. The van der Waals surface area contributed by atoms with E-state index in [1.165, 1.54) is 12.1 Å². The van der Waals surface area contributed by atoms with Gasteiger partial charge in [0.15, 0.2) is 0 Å². The zero-order valence-corrected chi connectivity index (χ0v) is 15.7. The number of hydrogen-bond donors (Lipinski definition) is 0. The van der Waals surface area contributed by atoms with Crippen LogP contribution < -0.4 is 5.56 Å². The molecule has 4 nitrogen and oxygen atoms in total. The second kappa shape index (κ2) is 10.2. The fourth-order valence-electron chi connectivity index (χ4n) is 3.56. The fourth-order valence-corrected chi connectivity index (χ4v) is 3.56. The van der Waals surface area contributed by atoms with Gasteiger partial charge in [-0.1, -0.05) is 0 Å². The molecule has 0 amide bonds. The molecule has 28 heavy (non-hydrogen) atoms. The van der Waals surface area contributed by atoms with E-state index in [0.29, 0.717) is 16.7 Å². The minimum atomic E-state index is -0.833. The lowest BCUT2D eigenvalue weighted by molar-refractivity contribution is 0.0524. The molecule has 0 radical (unpaired) electrons. The Morgan fingerprint density at radius 2 is 1.46 bits per heavy atom. The van der Waals surface area contributed by atoms with Crippen LogP contribution in [0.15, 0.2) is 16.9 Å². The second-order valence-electron chi connectivity index (χ2n) is 6.13. The predicted molar refractivity (Wildman–Crippen MR) is 98.3 cm³/mol. The molecule has 0 fully saturated rings. The van der Waals surface area contributed by atoms with Crippen LogP contribution in [-0.4, -0.2) is 43.7 Å². The lowest BCUT2D eigenvalue weighted by atomic mass is 9.91. The smallest absolute Gasteiger partial charge is 0.343 e. The first-order valence-electron chi connectivity index (χ1n) is 9.17. The van der Waals surface area contributed by atoms with Crippen molar-refractivity contribution in [2.75, 3.05) is 33.3 Å². The van der Waals surface area contributed by atoms with Crippen molar-refractivity contribution in [2.45, 2.75) is 32.6 Å². The Balaban J connectivity index is 2.97. The van der Waals surface area contributed by atoms with Gasteiger partial charge in [-0.3, -0.25) is 26.8 Å². The van der Waals surface area contributed by atoms with E-state index in [-0.39, 0.29) is 49.1 Å². The molecule has 2 rings (SSSR count). The molecule has 154 valence electrons. The molecule has 0 bridgehead atoms. The molecule has 0 aromatic carbocycles. The average Bonchev–Trinajstić information content (AvgIpc) is 2.67. The lowest BCUT2D eigenvalue weighted by Gasteiger charge is -2.22. The molecule has 2 aromatic rings. The lowest BCUT2D eigenvalue weighted by Crippen LogP contribution is -2.28. The Kier molecular flexibility index (Phi) is 8.02. The number of fused-ring (bicyclic) bond motifs is 1. The number of hydrogen-bond acceptors (Lipinski definition) is 3. The van der Waals surface area contributed by atoms with Crippen molar-refractivity contribution < 1.29 is 27.1 Å². The van der Waals surface area contributed by atoms with Crippen molar-refractivity contribution in [3.63, 3.8) is 0 Å². The number of aromatic nitrogens is 1. The molecule has 0 saturated heterocycles. The van der Waals surface area contributed by atoms with Crippen LogP contribution >= 0.6 is 0 Å². The van der Waals surface area contributed by atoms with E-state index in [2.05, 4.69) is 0 Å². The predicted octanol–water partition coefficient (Wildman–Crippen LogP) is 3.52. The van der Waals surface area contributed by atoms with Gasteiger partial charge in [-0.05, 0) is 35.7 Å². The Morgan fingerprint density at radius 1 is 0.893 bits per heavy atom. The summed E-state index contributed by atoms with van der Waals surface area (Å²) in [5.74, 6) is -0.833. The molecule has 0 saturated carbocycles. The normalized spacial score (nSPS) is 11.2. The second-order valence-corrected chi connectivity index (χ2v) is 6.13. The zero-order chi connectivity index (χ0) is 20.7. The number of nitrogens with zero attached hydrogens (tertiary/aromatic N) is 1. The standard InChI is InChI=1S/C20H23F4NO3/c1-2-28-20(27)16-3-4-17-14(6-10-22)13(5-9-21)15(7-11-23)18(8-12-24)25(17)19(16)26/h3-4H,2,5-12H2,1H3. The zero-order valence-electron chi connectivity index (χ0n) is 15.7.